The van der Waals surface area contributed by atoms with E-state index >= 15 is 0 Å². The second kappa shape index (κ2) is 12.8. The number of hydrogen-bond acceptors (Lipinski definition) is 4. The number of benzene rings is 9. The lowest BCUT2D eigenvalue weighted by Gasteiger charge is -2.26. The maximum Gasteiger partial charge on any atom is 0.159 e. The zero-order valence-electron chi connectivity index (χ0n) is 29.7. The fourth-order valence-electron chi connectivity index (χ4n) is 7.95. The Morgan fingerprint density at radius 3 is 1.91 bits per heavy atom. The van der Waals surface area contributed by atoms with Crippen LogP contribution in [-0.2, 0) is 0 Å². The summed E-state index contributed by atoms with van der Waals surface area (Å²) in [6, 6.07) is 69.3. The van der Waals surface area contributed by atoms with Gasteiger partial charge in [0.05, 0.1) is 15.9 Å². The monoisotopic (exact) mass is 720 g/mol. The molecule has 0 fully saturated rings. The minimum absolute atomic E-state index is 0.831. The molecule has 0 aliphatic heterocycles. The molecule has 0 spiro atoms. The second-order valence-electron chi connectivity index (χ2n) is 14.0. The maximum atomic E-state index is 6.83. The van der Waals surface area contributed by atoms with Crippen molar-refractivity contribution >= 4 is 82.1 Å². The van der Waals surface area contributed by atoms with Crippen LogP contribution in [0.1, 0.15) is 0 Å². The van der Waals surface area contributed by atoms with Gasteiger partial charge in [0.2, 0.25) is 0 Å². The summed E-state index contributed by atoms with van der Waals surface area (Å²) < 4.78 is 7.97. The van der Waals surface area contributed by atoms with Gasteiger partial charge in [-0.05, 0) is 86.3 Å². The molecule has 0 atom stereocenters. The molecule has 11 aromatic rings. The van der Waals surface area contributed by atoms with Crippen LogP contribution in [0.5, 0.6) is 0 Å². The molecule has 0 amide bonds. The van der Waals surface area contributed by atoms with E-state index in [9.17, 15) is 0 Å². The first-order valence-electron chi connectivity index (χ1n) is 18.5. The summed E-state index contributed by atoms with van der Waals surface area (Å²) in [6.45, 7) is 0. The second-order valence-corrected chi connectivity index (χ2v) is 15.0. The highest BCUT2D eigenvalue weighted by Crippen LogP contribution is 2.44. The molecule has 0 N–H and O–H groups in total. The third-order valence-corrected chi connectivity index (χ3v) is 11.7. The van der Waals surface area contributed by atoms with Crippen molar-refractivity contribution in [3.63, 3.8) is 0 Å². The molecule has 0 aliphatic carbocycles. The predicted octanol–water partition coefficient (Wildman–Crippen LogP) is 15.0. The van der Waals surface area contributed by atoms with Crippen LogP contribution in [0, 0.1) is 0 Å². The van der Waals surface area contributed by atoms with Crippen molar-refractivity contribution in [3.05, 3.63) is 194 Å². The number of anilines is 3. The number of nitrogens with zero attached hydrogens (tertiary/aromatic N) is 2. The number of furan rings is 1. The first-order chi connectivity index (χ1) is 27.2. The summed E-state index contributed by atoms with van der Waals surface area (Å²) in [4.78, 5) is 7.32. The van der Waals surface area contributed by atoms with Crippen molar-refractivity contribution in [1.82, 2.24) is 4.98 Å². The highest BCUT2D eigenvalue weighted by atomic mass is 32.1. The maximum absolute atomic E-state index is 6.83. The van der Waals surface area contributed by atoms with E-state index in [2.05, 4.69) is 193 Å². The van der Waals surface area contributed by atoms with E-state index in [1.165, 1.54) is 43.8 Å². The van der Waals surface area contributed by atoms with Crippen molar-refractivity contribution in [2.24, 2.45) is 0 Å². The largest absolute Gasteiger partial charge is 0.454 e. The van der Waals surface area contributed by atoms with Gasteiger partial charge in [-0.1, -0.05) is 146 Å². The van der Waals surface area contributed by atoms with Crippen LogP contribution in [-0.4, -0.2) is 4.98 Å². The highest BCUT2D eigenvalue weighted by Gasteiger charge is 2.21. The molecule has 2 heterocycles. The number of hydrogen-bond donors (Lipinski definition) is 0. The topological polar surface area (TPSA) is 29.3 Å². The van der Waals surface area contributed by atoms with Crippen molar-refractivity contribution in [2.75, 3.05) is 4.90 Å². The Labute approximate surface area is 322 Å². The summed E-state index contributed by atoms with van der Waals surface area (Å²) in [6.07, 6.45) is 0. The zero-order chi connectivity index (χ0) is 36.3. The van der Waals surface area contributed by atoms with Gasteiger partial charge in [0, 0.05) is 33.8 Å². The van der Waals surface area contributed by atoms with E-state index in [0.29, 0.717) is 0 Å². The van der Waals surface area contributed by atoms with Gasteiger partial charge in [-0.2, -0.15) is 0 Å². The molecule has 0 radical (unpaired) electrons. The van der Waals surface area contributed by atoms with E-state index < -0.39 is 0 Å². The molecular weight excluding hydrogens is 689 g/mol. The summed E-state index contributed by atoms with van der Waals surface area (Å²) in [7, 11) is 0. The van der Waals surface area contributed by atoms with Gasteiger partial charge in [0.1, 0.15) is 10.6 Å². The Hall–Kier alpha value is -7.01. The Bertz CT molecular complexity index is 3190. The summed E-state index contributed by atoms with van der Waals surface area (Å²) in [5.74, 6) is 0. The standard InChI is InChI=1S/C51H32N2OS/c1-2-12-37(13-3-1)51-52-46-32-48-45(31-49(46)55-51)44-18-9-19-47(50(44)54-48)53(40-26-22-34(23-27-40)39-21-20-33-10-4-5-14-38(33)30-39)41-28-24-36(25-29-41)43-17-8-15-35-11-6-7-16-42(35)43/h1-32H. The Morgan fingerprint density at radius 2 is 1.09 bits per heavy atom. The molecule has 0 saturated heterocycles. The Morgan fingerprint density at radius 1 is 0.436 bits per heavy atom. The van der Waals surface area contributed by atoms with Crippen LogP contribution in [0.2, 0.25) is 0 Å². The molecule has 0 unspecified atom stereocenters. The molecule has 0 aliphatic rings. The summed E-state index contributed by atoms with van der Waals surface area (Å²) >= 11 is 1.72. The Balaban J connectivity index is 1.05. The van der Waals surface area contributed by atoms with Gasteiger partial charge in [-0.3, -0.25) is 0 Å². The molecule has 0 bridgehead atoms. The first-order valence-corrected chi connectivity index (χ1v) is 19.3. The molecule has 2 aromatic heterocycles. The molecule has 4 heteroatoms. The quantitative estimate of drug-likeness (QED) is 0.171. The van der Waals surface area contributed by atoms with Crippen LogP contribution in [0.25, 0.3) is 86.5 Å². The third-order valence-electron chi connectivity index (χ3n) is 10.7. The number of para-hydroxylation sites is 1. The lowest BCUT2D eigenvalue weighted by molar-refractivity contribution is 0.669. The van der Waals surface area contributed by atoms with Gasteiger partial charge in [-0.25, -0.2) is 4.98 Å². The average Bonchev–Trinajstić information content (AvgIpc) is 3.84. The summed E-state index contributed by atoms with van der Waals surface area (Å²) in [5.41, 5.74) is 11.6. The molecule has 11 rings (SSSR count). The number of rotatable bonds is 6. The fraction of sp³-hybridized carbons (Fsp3) is 0. The molecule has 3 nitrogen and oxygen atoms in total. The molecule has 9 aromatic carbocycles. The van der Waals surface area contributed by atoms with E-state index in [-0.39, 0.29) is 0 Å². The van der Waals surface area contributed by atoms with Crippen molar-refractivity contribution in [2.45, 2.75) is 0 Å². The smallest absolute Gasteiger partial charge is 0.159 e. The molecule has 55 heavy (non-hydrogen) atoms. The van der Waals surface area contributed by atoms with Gasteiger partial charge < -0.3 is 9.32 Å². The fourth-order valence-corrected chi connectivity index (χ4v) is 8.94. The number of thiazole rings is 1. The van der Waals surface area contributed by atoms with E-state index in [1.54, 1.807) is 11.3 Å². The minimum atomic E-state index is 0.831. The van der Waals surface area contributed by atoms with Gasteiger partial charge in [0.25, 0.3) is 0 Å². The zero-order valence-corrected chi connectivity index (χ0v) is 30.5. The van der Waals surface area contributed by atoms with Crippen molar-refractivity contribution in [1.29, 1.82) is 0 Å². The van der Waals surface area contributed by atoms with Crippen LogP contribution in [0.3, 0.4) is 0 Å². The van der Waals surface area contributed by atoms with Gasteiger partial charge in [-0.15, -0.1) is 11.3 Å². The highest BCUT2D eigenvalue weighted by molar-refractivity contribution is 7.21. The van der Waals surface area contributed by atoms with E-state index in [4.69, 9.17) is 9.40 Å². The normalized spacial score (nSPS) is 11.6. The third kappa shape index (κ3) is 5.46. The van der Waals surface area contributed by atoms with Gasteiger partial charge in [0.15, 0.2) is 5.58 Å². The Kier molecular flexibility index (Phi) is 7.35. The minimum Gasteiger partial charge on any atom is -0.454 e. The van der Waals surface area contributed by atoms with Crippen LogP contribution >= 0.6 is 11.3 Å². The first kappa shape index (κ1) is 31.5. The average molecular weight is 721 g/mol. The van der Waals surface area contributed by atoms with Crippen LogP contribution < -0.4 is 4.90 Å². The molecule has 0 saturated carbocycles. The molecule has 258 valence electrons. The van der Waals surface area contributed by atoms with Crippen LogP contribution in [0.15, 0.2) is 199 Å². The lowest BCUT2D eigenvalue weighted by Crippen LogP contribution is -2.10. The summed E-state index contributed by atoms with van der Waals surface area (Å²) in [5, 5.41) is 8.14. The van der Waals surface area contributed by atoms with Crippen LogP contribution in [0.4, 0.5) is 17.1 Å². The number of aromatic nitrogens is 1. The lowest BCUT2D eigenvalue weighted by atomic mass is 9.98. The van der Waals surface area contributed by atoms with E-state index in [0.717, 1.165) is 59.8 Å². The predicted molar refractivity (Wildman–Crippen MR) is 233 cm³/mol. The van der Waals surface area contributed by atoms with Crippen molar-refractivity contribution in [3.8, 4) is 32.8 Å². The molecular formula is C51H32N2OS. The number of fused-ring (bicyclic) bond motifs is 6. The SMILES string of the molecule is c1ccc(-c2nc3cc4oc5c(N(c6ccc(-c7ccc8ccccc8c7)cc6)c6ccc(-c7cccc8ccccc78)cc6)cccc5c4cc3s2)cc1. The van der Waals surface area contributed by atoms with E-state index in [1.807, 2.05) is 6.07 Å². The van der Waals surface area contributed by atoms with Crippen molar-refractivity contribution < 1.29 is 4.42 Å². The van der Waals surface area contributed by atoms with Gasteiger partial charge >= 0.3 is 0 Å².